The van der Waals surface area contributed by atoms with Crippen molar-refractivity contribution in [3.8, 4) is 0 Å². The fourth-order valence-corrected chi connectivity index (χ4v) is 2.91. The molecule has 1 amide bonds. The number of hydrogen-bond acceptors (Lipinski definition) is 3. The van der Waals surface area contributed by atoms with Gasteiger partial charge in [-0.2, -0.15) is 0 Å². The Bertz CT molecular complexity index is 758. The molecule has 7 heteroatoms. The van der Waals surface area contributed by atoms with Crippen molar-refractivity contribution in [3.63, 3.8) is 0 Å². The Labute approximate surface area is 127 Å². The van der Waals surface area contributed by atoms with Gasteiger partial charge in [-0.25, -0.2) is 13.1 Å². The van der Waals surface area contributed by atoms with E-state index in [1.807, 2.05) is 0 Å². The van der Waals surface area contributed by atoms with Crippen molar-refractivity contribution in [2.45, 2.75) is 11.4 Å². The Morgan fingerprint density at radius 1 is 1.10 bits per heavy atom. The van der Waals surface area contributed by atoms with E-state index in [2.05, 4.69) is 4.72 Å². The van der Waals surface area contributed by atoms with E-state index in [4.69, 9.17) is 17.3 Å². The fourth-order valence-electron chi connectivity index (χ4n) is 1.70. The van der Waals surface area contributed by atoms with Crippen LogP contribution in [0.4, 0.5) is 0 Å². The second-order valence-electron chi connectivity index (χ2n) is 4.30. The lowest BCUT2D eigenvalue weighted by molar-refractivity contribution is 0.1000. The second kappa shape index (κ2) is 6.26. The molecule has 110 valence electrons. The number of hydrogen-bond donors (Lipinski definition) is 2. The molecule has 0 unspecified atom stereocenters. The SMILES string of the molecule is NC(=O)c1ccc(S(=O)(=O)NCc2ccccc2Cl)cc1. The quantitative estimate of drug-likeness (QED) is 0.880. The van der Waals surface area contributed by atoms with Crippen LogP contribution in [0.25, 0.3) is 0 Å². The number of nitrogens with two attached hydrogens (primary N) is 1. The molecule has 0 saturated carbocycles. The van der Waals surface area contributed by atoms with Gasteiger partial charge in [-0.3, -0.25) is 4.79 Å². The van der Waals surface area contributed by atoms with Gasteiger partial charge in [0.05, 0.1) is 4.90 Å². The van der Waals surface area contributed by atoms with E-state index in [0.29, 0.717) is 10.6 Å². The summed E-state index contributed by atoms with van der Waals surface area (Å²) in [5, 5.41) is 0.490. The minimum absolute atomic E-state index is 0.0551. The number of amides is 1. The van der Waals surface area contributed by atoms with Crippen molar-refractivity contribution < 1.29 is 13.2 Å². The van der Waals surface area contributed by atoms with Crippen LogP contribution in [0.15, 0.2) is 53.4 Å². The minimum Gasteiger partial charge on any atom is -0.366 e. The molecule has 0 radical (unpaired) electrons. The van der Waals surface area contributed by atoms with E-state index in [9.17, 15) is 13.2 Å². The van der Waals surface area contributed by atoms with Gasteiger partial charge in [0.25, 0.3) is 0 Å². The molecular formula is C14H13ClN2O3S. The summed E-state index contributed by atoms with van der Waals surface area (Å²) in [6, 6.07) is 12.4. The van der Waals surface area contributed by atoms with Gasteiger partial charge in [-0.1, -0.05) is 29.8 Å². The molecule has 3 N–H and O–H groups in total. The second-order valence-corrected chi connectivity index (χ2v) is 6.48. The van der Waals surface area contributed by atoms with E-state index in [1.54, 1.807) is 24.3 Å². The van der Waals surface area contributed by atoms with Crippen LogP contribution in [0.1, 0.15) is 15.9 Å². The van der Waals surface area contributed by atoms with Crippen molar-refractivity contribution in [3.05, 3.63) is 64.7 Å². The molecule has 2 aromatic rings. The Hall–Kier alpha value is -1.89. The van der Waals surface area contributed by atoms with E-state index in [0.717, 1.165) is 0 Å². The predicted molar refractivity (Wildman–Crippen MR) is 80.4 cm³/mol. The topological polar surface area (TPSA) is 89.3 Å². The average molecular weight is 325 g/mol. The van der Waals surface area contributed by atoms with Gasteiger partial charge >= 0.3 is 0 Å². The third-order valence-electron chi connectivity index (χ3n) is 2.86. The molecule has 2 rings (SSSR count). The van der Waals surface area contributed by atoms with E-state index in [-0.39, 0.29) is 17.0 Å². The Morgan fingerprint density at radius 2 is 1.71 bits per heavy atom. The number of benzene rings is 2. The lowest BCUT2D eigenvalue weighted by atomic mass is 10.2. The number of halogens is 1. The lowest BCUT2D eigenvalue weighted by Gasteiger charge is -2.08. The Morgan fingerprint density at radius 3 is 2.29 bits per heavy atom. The zero-order valence-electron chi connectivity index (χ0n) is 10.9. The predicted octanol–water partition coefficient (Wildman–Crippen LogP) is 1.92. The lowest BCUT2D eigenvalue weighted by Crippen LogP contribution is -2.23. The summed E-state index contributed by atoms with van der Waals surface area (Å²) in [6.07, 6.45) is 0. The summed E-state index contributed by atoms with van der Waals surface area (Å²) in [7, 11) is -3.68. The average Bonchev–Trinajstić information content (AvgIpc) is 2.46. The molecule has 0 spiro atoms. The maximum atomic E-state index is 12.1. The van der Waals surface area contributed by atoms with Crippen LogP contribution in [0, 0.1) is 0 Å². The summed E-state index contributed by atoms with van der Waals surface area (Å²) < 4.78 is 26.7. The highest BCUT2D eigenvalue weighted by atomic mass is 35.5. The van der Waals surface area contributed by atoms with Crippen LogP contribution in [0.3, 0.4) is 0 Å². The van der Waals surface area contributed by atoms with Crippen LogP contribution in [-0.2, 0) is 16.6 Å². The van der Waals surface area contributed by atoms with Crippen LogP contribution in [0.5, 0.6) is 0 Å². The van der Waals surface area contributed by atoms with Crippen molar-refractivity contribution in [1.29, 1.82) is 0 Å². The van der Waals surface area contributed by atoms with Crippen LogP contribution in [0.2, 0.25) is 5.02 Å². The van der Waals surface area contributed by atoms with Gasteiger partial charge in [0.1, 0.15) is 0 Å². The first-order chi connectivity index (χ1) is 9.90. The maximum Gasteiger partial charge on any atom is 0.248 e. The van der Waals surface area contributed by atoms with E-state index >= 15 is 0 Å². The monoisotopic (exact) mass is 324 g/mol. The van der Waals surface area contributed by atoms with Crippen LogP contribution < -0.4 is 10.5 Å². The van der Waals surface area contributed by atoms with Crippen LogP contribution in [-0.4, -0.2) is 14.3 Å². The van der Waals surface area contributed by atoms with Crippen molar-refractivity contribution in [2.24, 2.45) is 5.73 Å². The molecule has 2 aromatic carbocycles. The zero-order valence-corrected chi connectivity index (χ0v) is 12.5. The molecule has 5 nitrogen and oxygen atoms in total. The molecule has 0 aliphatic carbocycles. The molecule has 0 saturated heterocycles. The molecule has 0 atom stereocenters. The van der Waals surface area contributed by atoms with Gasteiger partial charge in [0.15, 0.2) is 0 Å². The number of carbonyl (C=O) groups is 1. The Kier molecular flexibility index (Phi) is 4.62. The highest BCUT2D eigenvalue weighted by Gasteiger charge is 2.14. The highest BCUT2D eigenvalue weighted by molar-refractivity contribution is 7.89. The van der Waals surface area contributed by atoms with Gasteiger partial charge in [-0.15, -0.1) is 0 Å². The molecule has 0 aromatic heterocycles. The van der Waals surface area contributed by atoms with Crippen molar-refractivity contribution in [1.82, 2.24) is 4.72 Å². The summed E-state index contributed by atoms with van der Waals surface area (Å²) >= 11 is 5.97. The number of carbonyl (C=O) groups excluding carboxylic acids is 1. The van der Waals surface area contributed by atoms with E-state index in [1.165, 1.54) is 24.3 Å². The molecule has 0 heterocycles. The molecule has 0 bridgehead atoms. The molecule has 0 aliphatic heterocycles. The first kappa shape index (κ1) is 15.5. The summed E-state index contributed by atoms with van der Waals surface area (Å²) in [4.78, 5) is 11.0. The Balaban J connectivity index is 2.15. The molecular weight excluding hydrogens is 312 g/mol. The summed E-state index contributed by atoms with van der Waals surface area (Å²) in [5.41, 5.74) is 6.03. The highest BCUT2D eigenvalue weighted by Crippen LogP contribution is 2.16. The number of sulfonamides is 1. The minimum atomic E-state index is -3.68. The number of primary amides is 1. The third-order valence-corrected chi connectivity index (χ3v) is 4.65. The fraction of sp³-hybridized carbons (Fsp3) is 0.0714. The standard InChI is InChI=1S/C14H13ClN2O3S/c15-13-4-2-1-3-11(13)9-17-21(19,20)12-7-5-10(6-8-12)14(16)18/h1-8,17H,9H2,(H2,16,18). The first-order valence-corrected chi connectivity index (χ1v) is 7.89. The van der Waals surface area contributed by atoms with Gasteiger partial charge in [0, 0.05) is 17.1 Å². The van der Waals surface area contributed by atoms with Crippen LogP contribution >= 0.6 is 11.6 Å². The summed E-state index contributed by atoms with van der Waals surface area (Å²) in [6.45, 7) is 0.0829. The number of rotatable bonds is 5. The smallest absolute Gasteiger partial charge is 0.248 e. The van der Waals surface area contributed by atoms with Crippen molar-refractivity contribution in [2.75, 3.05) is 0 Å². The van der Waals surface area contributed by atoms with E-state index < -0.39 is 15.9 Å². The summed E-state index contributed by atoms with van der Waals surface area (Å²) in [5.74, 6) is -0.608. The van der Waals surface area contributed by atoms with Crippen molar-refractivity contribution >= 4 is 27.5 Å². The first-order valence-electron chi connectivity index (χ1n) is 6.03. The zero-order chi connectivity index (χ0) is 15.5. The molecule has 0 aliphatic rings. The normalized spacial score (nSPS) is 11.3. The van der Waals surface area contributed by atoms with Gasteiger partial charge in [0.2, 0.25) is 15.9 Å². The number of nitrogens with one attached hydrogen (secondary N) is 1. The van der Waals surface area contributed by atoms with Gasteiger partial charge in [-0.05, 0) is 35.9 Å². The largest absolute Gasteiger partial charge is 0.366 e. The third kappa shape index (κ3) is 3.81. The molecule has 21 heavy (non-hydrogen) atoms. The maximum absolute atomic E-state index is 12.1. The molecule has 0 fully saturated rings. The van der Waals surface area contributed by atoms with Gasteiger partial charge < -0.3 is 5.73 Å².